The number of aromatic amines is 1. The molecule has 170 valence electrons. The van der Waals surface area contributed by atoms with Gasteiger partial charge in [0.15, 0.2) is 0 Å². The molecule has 1 aromatic carbocycles. The minimum Gasteiger partial charge on any atom is -0.481 e. The number of imidazole rings is 1. The number of rotatable bonds is 4. The summed E-state index contributed by atoms with van der Waals surface area (Å²) in [7, 11) is 0. The van der Waals surface area contributed by atoms with E-state index in [0.29, 0.717) is 12.8 Å². The number of hydrogen-bond donors (Lipinski definition) is 2. The zero-order valence-electron chi connectivity index (χ0n) is 19.2. The number of hydrogen-bond acceptors (Lipinski definition) is 5. The number of nitrogens with zero attached hydrogens (tertiary/aromatic N) is 4. The molecule has 0 radical (unpaired) electrons. The number of H-pyrrole nitrogens is 1. The quantitative estimate of drug-likeness (QED) is 0.443. The molecule has 0 atom stereocenters. The minimum absolute atomic E-state index is 0.246. The van der Waals surface area contributed by atoms with Gasteiger partial charge in [0.25, 0.3) is 0 Å². The molecule has 3 aromatic heterocycles. The fourth-order valence-corrected chi connectivity index (χ4v) is 4.22. The lowest BCUT2D eigenvalue weighted by Gasteiger charge is -2.31. The van der Waals surface area contributed by atoms with Gasteiger partial charge in [0, 0.05) is 29.7 Å². The molecule has 1 saturated heterocycles. The third kappa shape index (κ3) is 4.72. The Hall–Kier alpha value is -3.74. The maximum atomic E-state index is 11.2. The molecule has 7 nitrogen and oxygen atoms in total. The molecule has 0 saturated carbocycles. The molecule has 7 heteroatoms. The molecule has 0 bridgehead atoms. The molecule has 0 spiro atoms. The van der Waals surface area contributed by atoms with Gasteiger partial charge >= 0.3 is 5.97 Å². The van der Waals surface area contributed by atoms with E-state index in [1.807, 2.05) is 57.3 Å². The average Bonchev–Trinajstić information content (AvgIpc) is 3.35. The van der Waals surface area contributed by atoms with Crippen molar-refractivity contribution in [2.24, 2.45) is 5.92 Å². The van der Waals surface area contributed by atoms with Crippen LogP contribution in [0.15, 0.2) is 55.0 Å². The Bertz CT molecular complexity index is 1260. The Morgan fingerprint density at radius 3 is 2.61 bits per heavy atom. The molecule has 1 aliphatic heterocycles. The number of aromatic nitrogens is 4. The Morgan fingerprint density at radius 1 is 1.09 bits per heavy atom. The van der Waals surface area contributed by atoms with E-state index in [2.05, 4.69) is 37.0 Å². The van der Waals surface area contributed by atoms with Crippen LogP contribution in [-0.2, 0) is 4.79 Å². The van der Waals surface area contributed by atoms with Crippen LogP contribution in [0.2, 0.25) is 0 Å². The highest BCUT2D eigenvalue weighted by atomic mass is 16.4. The van der Waals surface area contributed by atoms with E-state index in [4.69, 9.17) is 0 Å². The van der Waals surface area contributed by atoms with E-state index in [1.54, 1.807) is 6.33 Å². The van der Waals surface area contributed by atoms with Crippen molar-refractivity contribution in [1.82, 2.24) is 19.9 Å². The van der Waals surface area contributed by atoms with Gasteiger partial charge < -0.3 is 15.0 Å². The fraction of sp³-hybridized carbons (Fsp3) is 0.308. The molecule has 0 amide bonds. The van der Waals surface area contributed by atoms with Crippen molar-refractivity contribution >= 4 is 22.6 Å². The molecule has 4 aromatic rings. The van der Waals surface area contributed by atoms with Crippen LogP contribution in [0.5, 0.6) is 0 Å². The Kier molecular flexibility index (Phi) is 6.68. The van der Waals surface area contributed by atoms with Gasteiger partial charge in [0.2, 0.25) is 0 Å². The normalized spacial score (nSPS) is 14.1. The second-order valence-electron chi connectivity index (χ2n) is 7.99. The largest absolute Gasteiger partial charge is 0.481 e. The molecular weight excluding hydrogens is 414 g/mol. The third-order valence-corrected chi connectivity index (χ3v) is 5.93. The molecule has 2 N–H and O–H groups in total. The van der Waals surface area contributed by atoms with E-state index in [9.17, 15) is 9.90 Å². The van der Waals surface area contributed by atoms with Gasteiger partial charge in [-0.3, -0.25) is 14.8 Å². The zero-order valence-corrected chi connectivity index (χ0v) is 19.2. The number of carboxylic acid groups (broad SMARTS) is 1. The number of carbonyl (C=O) groups is 1. The van der Waals surface area contributed by atoms with Gasteiger partial charge in [0.1, 0.15) is 0 Å². The number of aliphatic carboxylic acids is 1. The maximum Gasteiger partial charge on any atom is 0.306 e. The summed E-state index contributed by atoms with van der Waals surface area (Å²) < 4.78 is 0. The van der Waals surface area contributed by atoms with Crippen molar-refractivity contribution in [2.75, 3.05) is 18.0 Å². The van der Waals surface area contributed by atoms with Crippen LogP contribution >= 0.6 is 0 Å². The molecule has 0 aliphatic carbocycles. The number of aryl methyl sites for hydroxylation is 1. The van der Waals surface area contributed by atoms with Crippen LogP contribution in [0.3, 0.4) is 0 Å². The molecule has 1 fully saturated rings. The lowest BCUT2D eigenvalue weighted by molar-refractivity contribution is -0.142. The number of piperidine rings is 1. The lowest BCUT2D eigenvalue weighted by atomic mass is 9.97. The van der Waals surface area contributed by atoms with Crippen molar-refractivity contribution in [3.8, 4) is 22.6 Å². The van der Waals surface area contributed by atoms with Crippen LogP contribution in [-0.4, -0.2) is 44.1 Å². The molecule has 5 rings (SSSR count). The van der Waals surface area contributed by atoms with Gasteiger partial charge in [-0.05, 0) is 50.1 Å². The van der Waals surface area contributed by atoms with E-state index in [1.165, 1.54) is 0 Å². The number of pyridine rings is 2. The molecule has 4 heterocycles. The van der Waals surface area contributed by atoms with Crippen LogP contribution in [0.25, 0.3) is 33.5 Å². The number of fused-ring (bicyclic) bond motifs is 1. The third-order valence-electron chi connectivity index (χ3n) is 5.93. The van der Waals surface area contributed by atoms with Crippen molar-refractivity contribution in [1.29, 1.82) is 0 Å². The summed E-state index contributed by atoms with van der Waals surface area (Å²) in [4.78, 5) is 30.5. The summed E-state index contributed by atoms with van der Waals surface area (Å²) in [5, 5.41) is 10.3. The van der Waals surface area contributed by atoms with Gasteiger partial charge in [-0.1, -0.05) is 26.0 Å². The average molecular weight is 444 g/mol. The Morgan fingerprint density at radius 2 is 1.88 bits per heavy atom. The number of benzene rings is 1. The predicted octanol–water partition coefficient (Wildman–Crippen LogP) is 5.32. The smallest absolute Gasteiger partial charge is 0.306 e. The van der Waals surface area contributed by atoms with Gasteiger partial charge in [-0.15, -0.1) is 0 Å². The van der Waals surface area contributed by atoms with Crippen molar-refractivity contribution < 1.29 is 9.90 Å². The second-order valence-corrected chi connectivity index (χ2v) is 7.99. The van der Waals surface area contributed by atoms with Crippen molar-refractivity contribution in [2.45, 2.75) is 33.6 Å². The molecular formula is C26H29N5O2. The number of anilines is 1. The summed E-state index contributed by atoms with van der Waals surface area (Å²) in [5.74, 6) is -0.941. The topological polar surface area (TPSA) is 95.0 Å². The minimum atomic E-state index is -0.696. The van der Waals surface area contributed by atoms with Crippen LogP contribution in [0, 0.1) is 12.8 Å². The summed E-state index contributed by atoms with van der Waals surface area (Å²) >= 11 is 0. The second kappa shape index (κ2) is 9.81. The van der Waals surface area contributed by atoms with Gasteiger partial charge in [-0.2, -0.15) is 0 Å². The lowest BCUT2D eigenvalue weighted by Crippen LogP contribution is -2.36. The molecule has 0 unspecified atom stereocenters. The molecule has 1 aliphatic rings. The van der Waals surface area contributed by atoms with E-state index in [0.717, 1.165) is 58.0 Å². The number of nitrogens with one attached hydrogen (secondary N) is 1. The van der Waals surface area contributed by atoms with E-state index >= 15 is 0 Å². The highest BCUT2D eigenvalue weighted by Gasteiger charge is 2.24. The van der Waals surface area contributed by atoms with E-state index < -0.39 is 5.97 Å². The van der Waals surface area contributed by atoms with Gasteiger partial charge in [0.05, 0.1) is 46.7 Å². The highest BCUT2D eigenvalue weighted by molar-refractivity contribution is 5.88. The first kappa shape index (κ1) is 22.5. The standard InChI is InChI=1S/C24H23N5O2.C2H6/c1-15-3-2-4-21(28-15)23-22(26-14-27-23)17-5-6-20-18(11-17)12-19(13-25-20)29-9-7-16(8-10-29)24(30)31;1-2/h2-6,11-14,16H,7-10H2,1H3,(H,26,27)(H,30,31);1-2H3. The maximum absolute atomic E-state index is 11.2. The van der Waals surface area contributed by atoms with Crippen LogP contribution in [0.1, 0.15) is 32.4 Å². The first-order valence-electron chi connectivity index (χ1n) is 11.4. The summed E-state index contributed by atoms with van der Waals surface area (Å²) in [6, 6.07) is 14.2. The fourth-order valence-electron chi connectivity index (χ4n) is 4.22. The van der Waals surface area contributed by atoms with Crippen molar-refractivity contribution in [3.63, 3.8) is 0 Å². The predicted molar refractivity (Wildman–Crippen MR) is 131 cm³/mol. The van der Waals surface area contributed by atoms with Crippen LogP contribution < -0.4 is 4.90 Å². The highest BCUT2D eigenvalue weighted by Crippen LogP contribution is 2.31. The first-order valence-corrected chi connectivity index (χ1v) is 11.4. The SMILES string of the molecule is CC.Cc1cccc(-c2[nH]cnc2-c2ccc3ncc(N4CCC(C(=O)O)CC4)cc3c2)n1. The monoisotopic (exact) mass is 443 g/mol. The first-order chi connectivity index (χ1) is 16.1. The Labute approximate surface area is 193 Å². The molecule has 33 heavy (non-hydrogen) atoms. The van der Waals surface area contributed by atoms with Crippen molar-refractivity contribution in [3.05, 3.63) is 60.7 Å². The summed E-state index contributed by atoms with van der Waals surface area (Å²) in [6.45, 7) is 7.43. The summed E-state index contributed by atoms with van der Waals surface area (Å²) in [6.07, 6.45) is 4.89. The zero-order chi connectivity index (χ0) is 23.4. The van der Waals surface area contributed by atoms with Crippen LogP contribution in [0.4, 0.5) is 5.69 Å². The van der Waals surface area contributed by atoms with E-state index in [-0.39, 0.29) is 5.92 Å². The number of carboxylic acids is 1. The Balaban J connectivity index is 0.00000126. The summed E-state index contributed by atoms with van der Waals surface area (Å²) in [5.41, 5.74) is 6.50. The van der Waals surface area contributed by atoms with Gasteiger partial charge in [-0.25, -0.2) is 4.98 Å².